The van der Waals surface area contributed by atoms with Crippen LogP contribution in [0.2, 0.25) is 5.02 Å². The number of aryl methyl sites for hydroxylation is 1. The summed E-state index contributed by atoms with van der Waals surface area (Å²) in [5.74, 6) is 0.761. The van der Waals surface area contributed by atoms with Crippen LogP contribution in [-0.2, 0) is 4.74 Å². The minimum absolute atomic E-state index is 0.412. The highest BCUT2D eigenvalue weighted by molar-refractivity contribution is 6.30. The molecule has 1 aromatic carbocycles. The Labute approximate surface area is 127 Å². The van der Waals surface area contributed by atoms with E-state index in [-0.39, 0.29) is 0 Å². The van der Waals surface area contributed by atoms with Crippen molar-refractivity contribution in [3.8, 4) is 0 Å². The Morgan fingerprint density at radius 2 is 2.05 bits per heavy atom. The highest BCUT2D eigenvalue weighted by atomic mass is 35.5. The molecule has 1 aliphatic rings. The Morgan fingerprint density at radius 3 is 2.70 bits per heavy atom. The zero-order valence-corrected chi connectivity index (χ0v) is 13.4. The van der Waals surface area contributed by atoms with E-state index in [1.165, 1.54) is 30.4 Å². The summed E-state index contributed by atoms with van der Waals surface area (Å²) < 4.78 is 5.46. The Kier molecular flexibility index (Phi) is 6.34. The van der Waals surface area contributed by atoms with Crippen molar-refractivity contribution in [2.75, 3.05) is 19.8 Å². The fourth-order valence-corrected chi connectivity index (χ4v) is 3.24. The van der Waals surface area contributed by atoms with E-state index in [9.17, 15) is 0 Å². The number of rotatable bonds is 6. The Bertz CT molecular complexity index is 395. The summed E-state index contributed by atoms with van der Waals surface area (Å²) in [5.41, 5.74) is 2.57. The van der Waals surface area contributed by atoms with Crippen LogP contribution in [0.5, 0.6) is 0 Å². The van der Waals surface area contributed by atoms with E-state index in [0.29, 0.717) is 6.04 Å². The molecule has 112 valence electrons. The lowest BCUT2D eigenvalue weighted by Crippen LogP contribution is -2.27. The van der Waals surface area contributed by atoms with E-state index < -0.39 is 0 Å². The third-order valence-corrected chi connectivity index (χ3v) is 4.24. The molecule has 2 nitrogen and oxygen atoms in total. The number of hydrogen-bond donors (Lipinski definition) is 1. The molecular weight excluding hydrogens is 270 g/mol. The summed E-state index contributed by atoms with van der Waals surface area (Å²) in [6, 6.07) is 6.81. The fourth-order valence-electron chi connectivity index (χ4n) is 2.94. The van der Waals surface area contributed by atoms with Crippen LogP contribution in [0.1, 0.15) is 49.8 Å². The van der Waals surface area contributed by atoms with Crippen molar-refractivity contribution in [1.82, 2.24) is 5.32 Å². The first-order chi connectivity index (χ1) is 9.69. The molecule has 1 heterocycles. The SMILES string of the molecule is CCCNC(CC1CCOCC1)c1cc(C)cc(Cl)c1. The third kappa shape index (κ3) is 4.76. The van der Waals surface area contributed by atoms with Crippen LogP contribution < -0.4 is 5.32 Å². The monoisotopic (exact) mass is 295 g/mol. The predicted octanol–water partition coefficient (Wildman–Crippen LogP) is 4.51. The van der Waals surface area contributed by atoms with Gasteiger partial charge < -0.3 is 10.1 Å². The zero-order chi connectivity index (χ0) is 14.4. The summed E-state index contributed by atoms with van der Waals surface area (Å²) in [6.45, 7) is 7.21. The van der Waals surface area contributed by atoms with Gasteiger partial charge in [0.15, 0.2) is 0 Å². The smallest absolute Gasteiger partial charge is 0.0468 e. The highest BCUT2D eigenvalue weighted by Gasteiger charge is 2.20. The van der Waals surface area contributed by atoms with Gasteiger partial charge in [0.05, 0.1) is 0 Å². The van der Waals surface area contributed by atoms with Crippen molar-refractivity contribution in [3.05, 3.63) is 34.3 Å². The first kappa shape index (κ1) is 15.8. The molecule has 1 N–H and O–H groups in total. The molecule has 0 bridgehead atoms. The zero-order valence-electron chi connectivity index (χ0n) is 12.6. The van der Waals surface area contributed by atoms with Gasteiger partial charge in [0.25, 0.3) is 0 Å². The molecule has 1 unspecified atom stereocenters. The Hall–Kier alpha value is -0.570. The second-order valence-electron chi connectivity index (χ2n) is 5.86. The molecule has 0 saturated carbocycles. The molecular formula is C17H26ClNO. The molecule has 1 aromatic rings. The lowest BCUT2D eigenvalue weighted by Gasteiger charge is -2.28. The number of hydrogen-bond acceptors (Lipinski definition) is 2. The van der Waals surface area contributed by atoms with Crippen LogP contribution in [0, 0.1) is 12.8 Å². The van der Waals surface area contributed by atoms with E-state index >= 15 is 0 Å². The third-order valence-electron chi connectivity index (χ3n) is 4.02. The predicted molar refractivity (Wildman–Crippen MR) is 85.4 cm³/mol. The summed E-state index contributed by atoms with van der Waals surface area (Å²) in [7, 11) is 0. The molecule has 0 amide bonds. The van der Waals surface area contributed by atoms with Gasteiger partial charge in [0.1, 0.15) is 0 Å². The highest BCUT2D eigenvalue weighted by Crippen LogP contribution is 2.29. The molecule has 20 heavy (non-hydrogen) atoms. The summed E-state index contributed by atoms with van der Waals surface area (Å²) >= 11 is 6.22. The van der Waals surface area contributed by atoms with Crippen molar-refractivity contribution in [3.63, 3.8) is 0 Å². The van der Waals surface area contributed by atoms with Crippen LogP contribution in [0.3, 0.4) is 0 Å². The van der Waals surface area contributed by atoms with Gasteiger partial charge in [0, 0.05) is 24.3 Å². The summed E-state index contributed by atoms with van der Waals surface area (Å²) in [4.78, 5) is 0. The van der Waals surface area contributed by atoms with Crippen molar-refractivity contribution in [1.29, 1.82) is 0 Å². The van der Waals surface area contributed by atoms with Crippen LogP contribution in [0.25, 0.3) is 0 Å². The van der Waals surface area contributed by atoms with Crippen LogP contribution in [-0.4, -0.2) is 19.8 Å². The summed E-state index contributed by atoms with van der Waals surface area (Å²) in [6.07, 6.45) is 4.71. The maximum atomic E-state index is 6.22. The molecule has 0 radical (unpaired) electrons. The van der Waals surface area contributed by atoms with Crippen LogP contribution in [0.15, 0.2) is 18.2 Å². The molecule has 0 spiro atoms. The van der Waals surface area contributed by atoms with E-state index in [0.717, 1.165) is 37.1 Å². The van der Waals surface area contributed by atoms with Crippen LogP contribution in [0.4, 0.5) is 0 Å². The number of halogens is 1. The lowest BCUT2D eigenvalue weighted by molar-refractivity contribution is 0.0605. The van der Waals surface area contributed by atoms with E-state index in [1.807, 2.05) is 6.07 Å². The molecule has 1 aliphatic heterocycles. The topological polar surface area (TPSA) is 21.3 Å². The van der Waals surface area contributed by atoms with E-state index in [2.05, 4.69) is 31.3 Å². The van der Waals surface area contributed by atoms with Crippen molar-refractivity contribution in [2.24, 2.45) is 5.92 Å². The molecule has 3 heteroatoms. The van der Waals surface area contributed by atoms with Gasteiger partial charge in [-0.2, -0.15) is 0 Å². The first-order valence-electron chi connectivity index (χ1n) is 7.77. The van der Waals surface area contributed by atoms with E-state index in [4.69, 9.17) is 16.3 Å². The Balaban J connectivity index is 2.08. The van der Waals surface area contributed by atoms with Gasteiger partial charge in [-0.1, -0.05) is 24.6 Å². The molecule has 1 saturated heterocycles. The quantitative estimate of drug-likeness (QED) is 0.834. The van der Waals surface area contributed by atoms with Gasteiger partial charge in [0.2, 0.25) is 0 Å². The van der Waals surface area contributed by atoms with Gasteiger partial charge in [-0.15, -0.1) is 0 Å². The maximum Gasteiger partial charge on any atom is 0.0468 e. The second-order valence-corrected chi connectivity index (χ2v) is 6.30. The average Bonchev–Trinajstić information content (AvgIpc) is 2.43. The first-order valence-corrected chi connectivity index (χ1v) is 8.15. The Morgan fingerprint density at radius 1 is 1.30 bits per heavy atom. The number of benzene rings is 1. The normalized spacial score (nSPS) is 18.1. The largest absolute Gasteiger partial charge is 0.381 e. The van der Waals surface area contributed by atoms with Crippen molar-refractivity contribution in [2.45, 2.75) is 45.6 Å². The van der Waals surface area contributed by atoms with Crippen LogP contribution >= 0.6 is 11.6 Å². The van der Waals surface area contributed by atoms with Crippen molar-refractivity contribution < 1.29 is 4.74 Å². The summed E-state index contributed by atoms with van der Waals surface area (Å²) in [5, 5.41) is 4.53. The molecule has 1 fully saturated rings. The molecule has 0 aliphatic carbocycles. The molecule has 1 atom stereocenters. The standard InChI is InChI=1S/C17H26ClNO/c1-3-6-19-17(11-14-4-7-20-8-5-14)15-9-13(2)10-16(18)12-15/h9-10,12,14,17,19H,3-8,11H2,1-2H3. The van der Waals surface area contributed by atoms with Crippen molar-refractivity contribution >= 4 is 11.6 Å². The van der Waals surface area contributed by atoms with E-state index in [1.54, 1.807) is 0 Å². The van der Waals surface area contributed by atoms with Gasteiger partial charge >= 0.3 is 0 Å². The number of nitrogens with one attached hydrogen (secondary N) is 1. The molecule has 0 aromatic heterocycles. The second kappa shape index (κ2) is 8.02. The molecule has 2 rings (SSSR count). The lowest BCUT2D eigenvalue weighted by atomic mass is 9.89. The van der Waals surface area contributed by atoms with Gasteiger partial charge in [-0.25, -0.2) is 0 Å². The average molecular weight is 296 g/mol. The number of ether oxygens (including phenoxy) is 1. The fraction of sp³-hybridized carbons (Fsp3) is 0.647. The minimum atomic E-state index is 0.412. The van der Waals surface area contributed by atoms with Gasteiger partial charge in [-0.3, -0.25) is 0 Å². The minimum Gasteiger partial charge on any atom is -0.381 e. The maximum absolute atomic E-state index is 6.22. The van der Waals surface area contributed by atoms with Gasteiger partial charge in [-0.05, 0) is 68.3 Å².